The SMILES string of the molecule is C#CC1CC(=O)N(C2(CO)COC(C)(C)OC2)C1. The van der Waals surface area contributed by atoms with Gasteiger partial charge in [0.05, 0.1) is 19.8 Å². The number of carbonyl (C=O) groups excluding carboxylic acids is 1. The molecule has 1 amide bonds. The van der Waals surface area contributed by atoms with E-state index in [1.165, 1.54) is 0 Å². The van der Waals surface area contributed by atoms with Gasteiger partial charge in [-0.05, 0) is 13.8 Å². The van der Waals surface area contributed by atoms with E-state index < -0.39 is 11.3 Å². The Labute approximate surface area is 107 Å². The maximum atomic E-state index is 12.0. The summed E-state index contributed by atoms with van der Waals surface area (Å²) in [7, 11) is 0. The van der Waals surface area contributed by atoms with Crippen LogP contribution in [0.15, 0.2) is 0 Å². The Balaban J connectivity index is 2.15. The average molecular weight is 253 g/mol. The Kier molecular flexibility index (Phi) is 3.37. The molecule has 0 spiro atoms. The van der Waals surface area contributed by atoms with Crippen LogP contribution in [0.25, 0.3) is 0 Å². The summed E-state index contributed by atoms with van der Waals surface area (Å²) in [6.07, 6.45) is 5.70. The van der Waals surface area contributed by atoms with Gasteiger partial charge in [0.1, 0.15) is 5.54 Å². The number of amides is 1. The standard InChI is InChI=1S/C13H19NO4/c1-4-10-5-11(16)14(6-10)13(7-15)8-17-12(2,3)18-9-13/h1,10,15H,5-9H2,2-3H3. The van der Waals surface area contributed by atoms with Crippen LogP contribution in [-0.2, 0) is 14.3 Å². The molecule has 0 aromatic carbocycles. The third-order valence-corrected chi connectivity index (χ3v) is 3.60. The van der Waals surface area contributed by atoms with Gasteiger partial charge in [-0.25, -0.2) is 0 Å². The lowest BCUT2D eigenvalue weighted by atomic mass is 9.99. The predicted octanol–water partition coefficient (Wildman–Crippen LogP) is -0.0179. The molecule has 0 bridgehead atoms. The molecule has 2 aliphatic heterocycles. The van der Waals surface area contributed by atoms with E-state index in [9.17, 15) is 9.90 Å². The maximum Gasteiger partial charge on any atom is 0.224 e. The summed E-state index contributed by atoms with van der Waals surface area (Å²) in [4.78, 5) is 13.6. The van der Waals surface area contributed by atoms with E-state index >= 15 is 0 Å². The topological polar surface area (TPSA) is 59.0 Å². The highest BCUT2D eigenvalue weighted by Gasteiger charge is 2.48. The molecule has 5 heteroatoms. The van der Waals surface area contributed by atoms with Crippen molar-refractivity contribution in [1.29, 1.82) is 0 Å². The second-order valence-electron chi connectivity index (χ2n) is 5.43. The van der Waals surface area contributed by atoms with Crippen LogP contribution >= 0.6 is 0 Å². The van der Waals surface area contributed by atoms with Crippen LogP contribution in [0.4, 0.5) is 0 Å². The van der Waals surface area contributed by atoms with Crippen LogP contribution in [0.3, 0.4) is 0 Å². The molecule has 1 unspecified atom stereocenters. The smallest absolute Gasteiger partial charge is 0.224 e. The fraction of sp³-hybridized carbons (Fsp3) is 0.769. The predicted molar refractivity (Wildman–Crippen MR) is 64.5 cm³/mol. The Bertz CT molecular complexity index is 375. The normalized spacial score (nSPS) is 30.2. The van der Waals surface area contributed by atoms with Gasteiger partial charge in [-0.1, -0.05) is 0 Å². The molecule has 1 atom stereocenters. The molecule has 0 aliphatic carbocycles. The van der Waals surface area contributed by atoms with E-state index in [1.807, 2.05) is 13.8 Å². The molecular weight excluding hydrogens is 234 g/mol. The number of ether oxygens (including phenoxy) is 2. The molecule has 1 N–H and O–H groups in total. The third kappa shape index (κ3) is 2.24. The molecule has 2 rings (SSSR count). The third-order valence-electron chi connectivity index (χ3n) is 3.60. The number of hydrogen-bond acceptors (Lipinski definition) is 4. The van der Waals surface area contributed by atoms with Gasteiger partial charge in [0, 0.05) is 18.9 Å². The van der Waals surface area contributed by atoms with Crippen molar-refractivity contribution in [2.75, 3.05) is 26.4 Å². The largest absolute Gasteiger partial charge is 0.394 e. The molecule has 2 fully saturated rings. The lowest BCUT2D eigenvalue weighted by Gasteiger charge is -2.47. The average Bonchev–Trinajstić information content (AvgIpc) is 2.72. The highest BCUT2D eigenvalue weighted by Crippen LogP contribution is 2.32. The van der Waals surface area contributed by atoms with Gasteiger partial charge in [-0.15, -0.1) is 12.3 Å². The van der Waals surface area contributed by atoms with Gasteiger partial charge in [0.15, 0.2) is 5.79 Å². The highest BCUT2D eigenvalue weighted by molar-refractivity contribution is 5.80. The van der Waals surface area contributed by atoms with Gasteiger partial charge in [-0.3, -0.25) is 4.79 Å². The molecule has 18 heavy (non-hydrogen) atoms. The zero-order valence-electron chi connectivity index (χ0n) is 10.8. The Morgan fingerprint density at radius 3 is 2.56 bits per heavy atom. The number of hydrogen-bond donors (Lipinski definition) is 1. The molecule has 2 heterocycles. The summed E-state index contributed by atoms with van der Waals surface area (Å²) < 4.78 is 11.1. The summed E-state index contributed by atoms with van der Waals surface area (Å²) in [5, 5.41) is 9.64. The molecule has 0 radical (unpaired) electrons. The van der Waals surface area contributed by atoms with Gasteiger partial charge >= 0.3 is 0 Å². The minimum Gasteiger partial charge on any atom is -0.394 e. The first-order valence-electron chi connectivity index (χ1n) is 6.08. The Morgan fingerprint density at radius 1 is 1.50 bits per heavy atom. The van der Waals surface area contributed by atoms with E-state index in [-0.39, 0.29) is 31.6 Å². The van der Waals surface area contributed by atoms with Gasteiger partial charge in [-0.2, -0.15) is 0 Å². The van der Waals surface area contributed by atoms with Crippen molar-refractivity contribution >= 4 is 5.91 Å². The van der Waals surface area contributed by atoms with Gasteiger partial charge in [0.2, 0.25) is 5.91 Å². The number of aliphatic hydroxyl groups excluding tert-OH is 1. The first-order valence-corrected chi connectivity index (χ1v) is 6.08. The quantitative estimate of drug-likeness (QED) is 0.703. The number of nitrogens with zero attached hydrogens (tertiary/aromatic N) is 1. The summed E-state index contributed by atoms with van der Waals surface area (Å²) in [6, 6.07) is 0. The van der Waals surface area contributed by atoms with Crippen molar-refractivity contribution in [1.82, 2.24) is 4.90 Å². The van der Waals surface area contributed by atoms with Crippen molar-refractivity contribution in [3.05, 3.63) is 0 Å². The van der Waals surface area contributed by atoms with Crippen molar-refractivity contribution in [2.45, 2.75) is 31.6 Å². The fourth-order valence-corrected chi connectivity index (χ4v) is 2.31. The number of likely N-dealkylation sites (tertiary alicyclic amines) is 1. The molecule has 100 valence electrons. The number of aliphatic hydroxyl groups is 1. The molecular formula is C13H19NO4. The molecule has 5 nitrogen and oxygen atoms in total. The van der Waals surface area contributed by atoms with Crippen molar-refractivity contribution in [2.24, 2.45) is 5.92 Å². The summed E-state index contributed by atoms with van der Waals surface area (Å²) in [5.41, 5.74) is -0.793. The minimum absolute atomic E-state index is 0.0427. The van der Waals surface area contributed by atoms with Crippen LogP contribution in [-0.4, -0.2) is 53.6 Å². The van der Waals surface area contributed by atoms with Crippen LogP contribution in [0.2, 0.25) is 0 Å². The van der Waals surface area contributed by atoms with Crippen LogP contribution < -0.4 is 0 Å². The zero-order chi connectivity index (χ0) is 13.4. The lowest BCUT2D eigenvalue weighted by molar-refractivity contribution is -0.288. The highest BCUT2D eigenvalue weighted by atomic mass is 16.7. The van der Waals surface area contributed by atoms with E-state index in [1.54, 1.807) is 4.90 Å². The first kappa shape index (κ1) is 13.3. The summed E-state index contributed by atoms with van der Waals surface area (Å²) >= 11 is 0. The van der Waals surface area contributed by atoms with Crippen molar-refractivity contribution in [3.8, 4) is 12.3 Å². The van der Waals surface area contributed by atoms with Crippen LogP contribution in [0.1, 0.15) is 20.3 Å². The van der Waals surface area contributed by atoms with Crippen LogP contribution in [0, 0.1) is 18.3 Å². The van der Waals surface area contributed by atoms with Gasteiger partial charge < -0.3 is 19.5 Å². The Morgan fingerprint density at radius 2 is 2.11 bits per heavy atom. The number of carbonyl (C=O) groups is 1. The van der Waals surface area contributed by atoms with E-state index in [0.29, 0.717) is 13.0 Å². The second kappa shape index (κ2) is 4.54. The molecule has 0 aromatic rings. The van der Waals surface area contributed by atoms with E-state index in [0.717, 1.165) is 0 Å². The fourth-order valence-electron chi connectivity index (χ4n) is 2.31. The first-order chi connectivity index (χ1) is 8.42. The summed E-state index contributed by atoms with van der Waals surface area (Å²) in [5.74, 6) is 1.79. The Hall–Kier alpha value is -1.09. The number of terminal acetylenes is 1. The molecule has 0 aromatic heterocycles. The molecule has 0 saturated carbocycles. The van der Waals surface area contributed by atoms with Crippen molar-refractivity contribution in [3.63, 3.8) is 0 Å². The molecule has 2 saturated heterocycles. The van der Waals surface area contributed by atoms with Gasteiger partial charge in [0.25, 0.3) is 0 Å². The summed E-state index contributed by atoms with van der Waals surface area (Å²) in [6.45, 7) is 4.42. The maximum absolute atomic E-state index is 12.0. The number of rotatable bonds is 2. The minimum atomic E-state index is -0.793. The van der Waals surface area contributed by atoms with Crippen molar-refractivity contribution < 1.29 is 19.4 Å². The monoisotopic (exact) mass is 253 g/mol. The lowest BCUT2D eigenvalue weighted by Crippen LogP contribution is -2.63. The molecule has 2 aliphatic rings. The van der Waals surface area contributed by atoms with E-state index in [2.05, 4.69) is 5.92 Å². The second-order valence-corrected chi connectivity index (χ2v) is 5.43. The zero-order valence-corrected chi connectivity index (χ0v) is 10.8. The van der Waals surface area contributed by atoms with Crippen LogP contribution in [0.5, 0.6) is 0 Å². The van der Waals surface area contributed by atoms with E-state index in [4.69, 9.17) is 15.9 Å².